The highest BCUT2D eigenvalue weighted by Gasteiger charge is 2.08. The van der Waals surface area contributed by atoms with E-state index in [-0.39, 0.29) is 5.97 Å². The van der Waals surface area contributed by atoms with E-state index < -0.39 is 0 Å². The minimum absolute atomic E-state index is 0.333. The van der Waals surface area contributed by atoms with E-state index in [4.69, 9.17) is 4.74 Å². The van der Waals surface area contributed by atoms with Crippen molar-refractivity contribution in [3.05, 3.63) is 28.0 Å². The first-order valence-corrected chi connectivity index (χ1v) is 4.73. The summed E-state index contributed by atoms with van der Waals surface area (Å²) in [5, 5.41) is 0. The lowest BCUT2D eigenvalue weighted by molar-refractivity contribution is 0.0519. The predicted molar refractivity (Wildman–Crippen MR) is 52.6 cm³/mol. The van der Waals surface area contributed by atoms with E-state index in [1.54, 1.807) is 19.2 Å². The highest BCUT2D eigenvalue weighted by atomic mass is 79.9. The number of hydrogen-bond acceptors (Lipinski definition) is 3. The van der Waals surface area contributed by atoms with Gasteiger partial charge in [0, 0.05) is 10.7 Å². The summed E-state index contributed by atoms with van der Waals surface area (Å²) >= 11 is 3.32. The molecule has 1 aromatic heterocycles. The normalized spacial score (nSPS) is 9.77. The second-order valence-electron chi connectivity index (χ2n) is 2.54. The number of carbonyl (C=O) groups excluding carboxylic acids is 1. The van der Waals surface area contributed by atoms with Gasteiger partial charge in [-0.3, -0.25) is 0 Å². The van der Waals surface area contributed by atoms with Crippen LogP contribution in [0.25, 0.3) is 0 Å². The zero-order valence-electron chi connectivity index (χ0n) is 7.50. The van der Waals surface area contributed by atoms with Crippen LogP contribution < -0.4 is 0 Å². The fraction of sp³-hybridized carbons (Fsp3) is 0.333. The highest BCUT2D eigenvalue weighted by molar-refractivity contribution is 9.10. The quantitative estimate of drug-likeness (QED) is 0.749. The van der Waals surface area contributed by atoms with Gasteiger partial charge in [0.25, 0.3) is 0 Å². The highest BCUT2D eigenvalue weighted by Crippen LogP contribution is 2.15. The second-order valence-corrected chi connectivity index (χ2v) is 3.39. The Bertz CT molecular complexity index is 325. The van der Waals surface area contributed by atoms with Gasteiger partial charge in [-0.15, -0.1) is 0 Å². The van der Waals surface area contributed by atoms with E-state index in [0.29, 0.717) is 12.3 Å². The summed E-state index contributed by atoms with van der Waals surface area (Å²) in [5.74, 6) is -0.386. The first kappa shape index (κ1) is 10.2. The predicted octanol–water partition coefficient (Wildman–Crippen LogP) is 2.33. The van der Waals surface area contributed by atoms with Crippen molar-refractivity contribution in [1.29, 1.82) is 0 Å². The van der Waals surface area contributed by atoms with Gasteiger partial charge in [0.15, 0.2) is 0 Å². The molecule has 0 atom stereocenters. The number of halogens is 1. The molecule has 0 amide bonds. The van der Waals surface area contributed by atoms with Crippen molar-refractivity contribution in [2.24, 2.45) is 0 Å². The van der Waals surface area contributed by atoms with Crippen LogP contribution in [0.3, 0.4) is 0 Å². The summed E-state index contributed by atoms with van der Waals surface area (Å²) < 4.78 is 5.67. The lowest BCUT2D eigenvalue weighted by atomic mass is 10.3. The van der Waals surface area contributed by atoms with E-state index in [0.717, 1.165) is 10.0 Å². The van der Waals surface area contributed by atoms with Crippen molar-refractivity contribution in [2.75, 3.05) is 6.61 Å². The smallest absolute Gasteiger partial charge is 0.356 e. The van der Waals surface area contributed by atoms with Crippen molar-refractivity contribution in [3.63, 3.8) is 0 Å². The molecule has 70 valence electrons. The van der Waals surface area contributed by atoms with Gasteiger partial charge in [0.1, 0.15) is 5.69 Å². The Morgan fingerprint density at radius 1 is 1.69 bits per heavy atom. The topological polar surface area (TPSA) is 39.2 Å². The van der Waals surface area contributed by atoms with Crippen LogP contribution in [-0.4, -0.2) is 17.6 Å². The van der Waals surface area contributed by atoms with Crippen LogP contribution in [0.2, 0.25) is 0 Å². The summed E-state index contributed by atoms with van der Waals surface area (Å²) in [7, 11) is 0. The third-order valence-corrected chi connectivity index (χ3v) is 2.38. The monoisotopic (exact) mass is 243 g/mol. The average molecular weight is 244 g/mol. The molecule has 0 aliphatic heterocycles. The van der Waals surface area contributed by atoms with Gasteiger partial charge in [-0.2, -0.15) is 0 Å². The first-order chi connectivity index (χ1) is 6.15. The molecule has 0 fully saturated rings. The van der Waals surface area contributed by atoms with Crippen LogP contribution in [0.1, 0.15) is 23.0 Å². The molecule has 0 spiro atoms. The molecule has 1 aromatic rings. The maximum atomic E-state index is 11.2. The number of rotatable bonds is 2. The van der Waals surface area contributed by atoms with E-state index in [1.807, 2.05) is 6.92 Å². The lowest BCUT2D eigenvalue weighted by Crippen LogP contribution is -2.06. The van der Waals surface area contributed by atoms with Crippen molar-refractivity contribution in [3.8, 4) is 0 Å². The lowest BCUT2D eigenvalue weighted by Gasteiger charge is -2.02. The number of aromatic nitrogens is 1. The molecule has 0 aromatic carbocycles. The maximum absolute atomic E-state index is 11.2. The molecule has 0 bridgehead atoms. The van der Waals surface area contributed by atoms with Gasteiger partial charge in [0.2, 0.25) is 0 Å². The number of hydrogen-bond donors (Lipinski definition) is 0. The van der Waals surface area contributed by atoms with Crippen LogP contribution >= 0.6 is 15.9 Å². The molecule has 0 saturated heterocycles. The van der Waals surface area contributed by atoms with Gasteiger partial charge in [-0.25, -0.2) is 9.78 Å². The van der Waals surface area contributed by atoms with Gasteiger partial charge >= 0.3 is 5.97 Å². The molecule has 1 heterocycles. The van der Waals surface area contributed by atoms with Crippen LogP contribution in [0.4, 0.5) is 0 Å². The van der Waals surface area contributed by atoms with Crippen LogP contribution in [0.15, 0.2) is 16.7 Å². The van der Waals surface area contributed by atoms with Crippen molar-refractivity contribution < 1.29 is 9.53 Å². The third kappa shape index (κ3) is 2.52. The largest absolute Gasteiger partial charge is 0.461 e. The Morgan fingerprint density at radius 2 is 2.38 bits per heavy atom. The standard InChI is InChI=1S/C9H10BrNO2/c1-3-13-9(12)8-4-7(10)6(2)5-11-8/h4-5H,3H2,1-2H3. The number of pyridine rings is 1. The van der Waals surface area contributed by atoms with E-state index in [1.165, 1.54) is 0 Å². The minimum atomic E-state index is -0.386. The Balaban J connectivity index is 2.90. The maximum Gasteiger partial charge on any atom is 0.356 e. The number of esters is 1. The Kier molecular flexibility index (Phi) is 3.42. The van der Waals surface area contributed by atoms with E-state index in [2.05, 4.69) is 20.9 Å². The molecule has 0 saturated carbocycles. The van der Waals surface area contributed by atoms with Crippen LogP contribution in [0, 0.1) is 6.92 Å². The van der Waals surface area contributed by atoms with Crippen molar-refractivity contribution in [1.82, 2.24) is 4.98 Å². The van der Waals surface area contributed by atoms with Crippen LogP contribution in [0.5, 0.6) is 0 Å². The van der Waals surface area contributed by atoms with Gasteiger partial charge in [-0.05, 0) is 25.5 Å². The molecule has 0 aliphatic carbocycles. The molecule has 0 radical (unpaired) electrons. The number of carbonyl (C=O) groups is 1. The van der Waals surface area contributed by atoms with Gasteiger partial charge in [-0.1, -0.05) is 15.9 Å². The molecular weight excluding hydrogens is 234 g/mol. The SMILES string of the molecule is CCOC(=O)c1cc(Br)c(C)cn1. The fourth-order valence-corrected chi connectivity index (χ4v) is 1.14. The Morgan fingerprint density at radius 3 is 2.92 bits per heavy atom. The molecular formula is C9H10BrNO2. The summed E-state index contributed by atoms with van der Waals surface area (Å²) in [4.78, 5) is 15.2. The zero-order valence-corrected chi connectivity index (χ0v) is 9.09. The molecule has 0 aliphatic rings. The second kappa shape index (κ2) is 4.37. The average Bonchev–Trinajstić information content (AvgIpc) is 2.10. The van der Waals surface area contributed by atoms with Gasteiger partial charge in [0.05, 0.1) is 6.61 Å². The minimum Gasteiger partial charge on any atom is -0.461 e. The summed E-state index contributed by atoms with van der Waals surface area (Å²) in [6.45, 7) is 4.04. The summed E-state index contributed by atoms with van der Waals surface area (Å²) in [6.07, 6.45) is 1.64. The fourth-order valence-electron chi connectivity index (χ4n) is 0.816. The zero-order chi connectivity index (χ0) is 9.84. The Labute approximate surface area is 85.3 Å². The molecule has 3 nitrogen and oxygen atoms in total. The summed E-state index contributed by atoms with van der Waals surface area (Å²) in [5.41, 5.74) is 1.33. The summed E-state index contributed by atoms with van der Waals surface area (Å²) in [6, 6.07) is 1.66. The molecule has 1 rings (SSSR count). The van der Waals surface area contributed by atoms with E-state index in [9.17, 15) is 4.79 Å². The van der Waals surface area contributed by atoms with Crippen molar-refractivity contribution >= 4 is 21.9 Å². The molecule has 0 unspecified atom stereocenters. The van der Waals surface area contributed by atoms with E-state index >= 15 is 0 Å². The number of nitrogens with zero attached hydrogens (tertiary/aromatic N) is 1. The third-order valence-electron chi connectivity index (χ3n) is 1.52. The number of aryl methyl sites for hydroxylation is 1. The number of ether oxygens (including phenoxy) is 1. The molecule has 4 heteroatoms. The van der Waals surface area contributed by atoms with Crippen LogP contribution in [-0.2, 0) is 4.74 Å². The molecule has 13 heavy (non-hydrogen) atoms. The Hall–Kier alpha value is -0.900. The van der Waals surface area contributed by atoms with Gasteiger partial charge < -0.3 is 4.74 Å². The van der Waals surface area contributed by atoms with Crippen molar-refractivity contribution in [2.45, 2.75) is 13.8 Å². The molecule has 0 N–H and O–H groups in total. The first-order valence-electron chi connectivity index (χ1n) is 3.94.